The average Bonchev–Trinajstić information content (AvgIpc) is 3.01. The van der Waals surface area contributed by atoms with E-state index in [0.29, 0.717) is 42.4 Å². The highest BCUT2D eigenvalue weighted by Crippen LogP contribution is 2.30. The Bertz CT molecular complexity index is 1590. The molecule has 0 aliphatic heterocycles. The van der Waals surface area contributed by atoms with E-state index in [1.165, 1.54) is 5.56 Å². The van der Waals surface area contributed by atoms with Crippen LogP contribution in [-0.4, -0.2) is 57.1 Å². The van der Waals surface area contributed by atoms with Crippen LogP contribution in [0.5, 0.6) is 0 Å². The van der Waals surface area contributed by atoms with Crippen molar-refractivity contribution in [2.75, 3.05) is 54.6 Å². The Hall–Kier alpha value is -3.96. The molecule has 0 saturated heterocycles. The SMILES string of the molecule is CCCCNc1nc(NCCCCCCNS(=O)(=O)c2cccc3c(N(C)C)cccc23)nc(NCc2ccc(C)cc2)n1. The Balaban J connectivity index is 1.23. The van der Waals surface area contributed by atoms with E-state index in [1.54, 1.807) is 12.1 Å². The van der Waals surface area contributed by atoms with Gasteiger partial charge in [-0.25, -0.2) is 13.1 Å². The molecule has 1 heterocycles. The van der Waals surface area contributed by atoms with E-state index in [9.17, 15) is 8.42 Å². The van der Waals surface area contributed by atoms with Crippen molar-refractivity contribution in [3.63, 3.8) is 0 Å². The van der Waals surface area contributed by atoms with Gasteiger partial charge in [-0.15, -0.1) is 0 Å². The van der Waals surface area contributed by atoms with Gasteiger partial charge in [0, 0.05) is 56.7 Å². The van der Waals surface area contributed by atoms with Gasteiger partial charge in [0.2, 0.25) is 27.9 Å². The molecule has 0 spiro atoms. The first-order valence-corrected chi connectivity index (χ1v) is 17.0. The summed E-state index contributed by atoms with van der Waals surface area (Å²) in [5.41, 5.74) is 3.37. The van der Waals surface area contributed by atoms with Gasteiger partial charge >= 0.3 is 0 Å². The van der Waals surface area contributed by atoms with Crippen LogP contribution in [0.25, 0.3) is 10.8 Å². The summed E-state index contributed by atoms with van der Waals surface area (Å²) in [6, 6.07) is 19.6. The van der Waals surface area contributed by atoms with Crippen LogP contribution in [0, 0.1) is 6.92 Å². The maximum atomic E-state index is 13.1. The van der Waals surface area contributed by atoms with Crippen LogP contribution in [0.15, 0.2) is 65.6 Å². The number of aromatic nitrogens is 3. The number of rotatable bonds is 18. The molecule has 0 bridgehead atoms. The summed E-state index contributed by atoms with van der Waals surface area (Å²) >= 11 is 0. The summed E-state index contributed by atoms with van der Waals surface area (Å²) in [4.78, 5) is 16.0. The summed E-state index contributed by atoms with van der Waals surface area (Å²) in [7, 11) is 0.296. The van der Waals surface area contributed by atoms with E-state index in [4.69, 9.17) is 0 Å². The number of unbranched alkanes of at least 4 members (excludes halogenated alkanes) is 4. The second-order valence-electron chi connectivity index (χ2n) is 11.2. The van der Waals surface area contributed by atoms with Crippen molar-refractivity contribution in [2.24, 2.45) is 0 Å². The number of hydrogen-bond acceptors (Lipinski definition) is 9. The number of fused-ring (bicyclic) bond motifs is 1. The minimum atomic E-state index is -3.62. The summed E-state index contributed by atoms with van der Waals surface area (Å²) in [5.74, 6) is 1.61. The van der Waals surface area contributed by atoms with Gasteiger partial charge in [-0.2, -0.15) is 15.0 Å². The summed E-state index contributed by atoms with van der Waals surface area (Å²) in [6.45, 7) is 6.77. The quantitative estimate of drug-likeness (QED) is 0.0969. The molecule has 4 rings (SSSR count). The molecule has 3 aromatic carbocycles. The predicted octanol–water partition coefficient (Wildman–Crippen LogP) is 6.17. The Kier molecular flexibility index (Phi) is 12.1. The minimum Gasteiger partial charge on any atom is -0.377 e. The molecule has 1 aromatic heterocycles. The lowest BCUT2D eigenvalue weighted by Crippen LogP contribution is -2.25. The van der Waals surface area contributed by atoms with Crippen LogP contribution in [-0.2, 0) is 16.6 Å². The van der Waals surface area contributed by atoms with Crippen molar-refractivity contribution in [3.05, 3.63) is 71.8 Å². The van der Waals surface area contributed by atoms with Crippen molar-refractivity contribution in [2.45, 2.75) is 63.8 Å². The lowest BCUT2D eigenvalue weighted by atomic mass is 10.1. The highest BCUT2D eigenvalue weighted by Gasteiger charge is 2.18. The van der Waals surface area contributed by atoms with Crippen molar-refractivity contribution in [3.8, 4) is 0 Å². The third-order valence-corrected chi connectivity index (χ3v) is 8.85. The molecular weight excluding hydrogens is 572 g/mol. The number of sulfonamides is 1. The molecular formula is C33H46N8O2S. The molecule has 4 N–H and O–H groups in total. The third kappa shape index (κ3) is 9.52. The number of benzene rings is 3. The molecule has 44 heavy (non-hydrogen) atoms. The van der Waals surface area contributed by atoms with Crippen molar-refractivity contribution in [1.29, 1.82) is 0 Å². The molecule has 0 radical (unpaired) electrons. The fourth-order valence-corrected chi connectivity index (χ4v) is 6.15. The Morgan fingerprint density at radius 1 is 0.682 bits per heavy atom. The molecule has 0 amide bonds. The number of nitrogens with zero attached hydrogens (tertiary/aromatic N) is 4. The average molecular weight is 619 g/mol. The highest BCUT2D eigenvalue weighted by atomic mass is 32.2. The predicted molar refractivity (Wildman–Crippen MR) is 182 cm³/mol. The van der Waals surface area contributed by atoms with E-state index < -0.39 is 10.0 Å². The number of aryl methyl sites for hydroxylation is 1. The minimum absolute atomic E-state index is 0.316. The molecule has 0 aliphatic rings. The zero-order valence-corrected chi connectivity index (χ0v) is 27.2. The first-order chi connectivity index (χ1) is 21.3. The van der Waals surface area contributed by atoms with Crippen LogP contribution in [0.4, 0.5) is 23.5 Å². The zero-order chi connectivity index (χ0) is 31.4. The van der Waals surface area contributed by atoms with Crippen LogP contribution in [0.1, 0.15) is 56.6 Å². The van der Waals surface area contributed by atoms with E-state index >= 15 is 0 Å². The van der Waals surface area contributed by atoms with Gasteiger partial charge in [0.1, 0.15) is 0 Å². The monoisotopic (exact) mass is 618 g/mol. The summed E-state index contributed by atoms with van der Waals surface area (Å²) in [6.07, 6.45) is 5.67. The molecule has 10 nitrogen and oxygen atoms in total. The van der Waals surface area contributed by atoms with Crippen LogP contribution >= 0.6 is 0 Å². The molecule has 0 unspecified atom stereocenters. The summed E-state index contributed by atoms with van der Waals surface area (Å²) in [5, 5.41) is 11.6. The van der Waals surface area contributed by atoms with Crippen molar-refractivity contribution >= 4 is 44.3 Å². The maximum absolute atomic E-state index is 13.1. The molecule has 0 atom stereocenters. The second kappa shape index (κ2) is 16.2. The van der Waals surface area contributed by atoms with E-state index in [2.05, 4.69) is 73.7 Å². The second-order valence-corrected chi connectivity index (χ2v) is 12.9. The van der Waals surface area contributed by atoms with Gasteiger partial charge in [0.15, 0.2) is 0 Å². The van der Waals surface area contributed by atoms with Crippen molar-refractivity contribution in [1.82, 2.24) is 19.7 Å². The van der Waals surface area contributed by atoms with Gasteiger partial charge < -0.3 is 20.9 Å². The first-order valence-electron chi connectivity index (χ1n) is 15.5. The Morgan fingerprint density at radius 2 is 1.27 bits per heavy atom. The smallest absolute Gasteiger partial charge is 0.241 e. The maximum Gasteiger partial charge on any atom is 0.241 e. The van der Waals surface area contributed by atoms with Crippen LogP contribution in [0.3, 0.4) is 0 Å². The number of anilines is 4. The Morgan fingerprint density at radius 3 is 1.93 bits per heavy atom. The van der Waals surface area contributed by atoms with Gasteiger partial charge in [0.05, 0.1) is 4.90 Å². The van der Waals surface area contributed by atoms with E-state index in [-0.39, 0.29) is 0 Å². The lowest BCUT2D eigenvalue weighted by Gasteiger charge is -2.17. The largest absolute Gasteiger partial charge is 0.377 e. The third-order valence-electron chi connectivity index (χ3n) is 7.33. The molecule has 0 aliphatic carbocycles. The van der Waals surface area contributed by atoms with Crippen LogP contribution in [0.2, 0.25) is 0 Å². The molecule has 4 aromatic rings. The van der Waals surface area contributed by atoms with E-state index in [0.717, 1.165) is 67.1 Å². The van der Waals surface area contributed by atoms with Crippen LogP contribution < -0.4 is 25.6 Å². The van der Waals surface area contributed by atoms with Gasteiger partial charge in [-0.3, -0.25) is 0 Å². The number of nitrogens with one attached hydrogen (secondary N) is 4. The molecule has 0 saturated carbocycles. The van der Waals surface area contributed by atoms with Gasteiger partial charge in [0.25, 0.3) is 0 Å². The standard InChI is InChI=1S/C33H46N8O2S/c1-5-6-21-34-31-38-32(40-33(39-31)36-24-26-19-17-25(2)18-20-26)35-22-9-7-8-10-23-37-44(42,43)30-16-12-13-27-28(30)14-11-15-29(27)41(3)4/h11-20,37H,5-10,21-24H2,1-4H3,(H3,34,35,36,38,39,40). The summed E-state index contributed by atoms with van der Waals surface area (Å²) < 4.78 is 29.1. The van der Waals surface area contributed by atoms with Gasteiger partial charge in [-0.05, 0) is 43.9 Å². The molecule has 0 fully saturated rings. The fraction of sp³-hybridized carbons (Fsp3) is 0.424. The zero-order valence-electron chi connectivity index (χ0n) is 26.4. The molecule has 236 valence electrons. The Labute approximate surface area is 262 Å². The molecule has 11 heteroatoms. The normalized spacial score (nSPS) is 11.5. The van der Waals surface area contributed by atoms with Gasteiger partial charge in [-0.1, -0.05) is 80.3 Å². The number of hydrogen-bond donors (Lipinski definition) is 4. The fourth-order valence-electron chi connectivity index (χ4n) is 4.85. The first kappa shape index (κ1) is 32.9. The van der Waals surface area contributed by atoms with Crippen molar-refractivity contribution < 1.29 is 8.42 Å². The highest BCUT2D eigenvalue weighted by molar-refractivity contribution is 7.89. The topological polar surface area (TPSA) is 124 Å². The van der Waals surface area contributed by atoms with E-state index in [1.807, 2.05) is 43.3 Å². The lowest BCUT2D eigenvalue weighted by molar-refractivity contribution is 0.573.